The summed E-state index contributed by atoms with van der Waals surface area (Å²) in [5.41, 5.74) is 3.31. The normalized spacial score (nSPS) is 21.6. The van der Waals surface area contributed by atoms with Crippen molar-refractivity contribution in [1.82, 2.24) is 0 Å². The minimum absolute atomic E-state index is 0.129. The number of aliphatic carboxylic acids is 1. The molecule has 1 aliphatic heterocycles. The molecule has 0 saturated carbocycles. The highest BCUT2D eigenvalue weighted by atomic mass is 35.5. The number of ether oxygens (including phenoxy) is 3. The zero-order valence-electron chi connectivity index (χ0n) is 20.1. The highest BCUT2D eigenvalue weighted by Gasteiger charge is 2.42. The van der Waals surface area contributed by atoms with Crippen LogP contribution in [0.15, 0.2) is 78.9 Å². The van der Waals surface area contributed by atoms with Gasteiger partial charge in [-0.1, -0.05) is 66.2 Å². The smallest absolute Gasteiger partial charge is 0.341 e. The lowest BCUT2D eigenvalue weighted by Gasteiger charge is -2.43. The zero-order valence-corrected chi connectivity index (χ0v) is 20.9. The molecule has 1 heterocycles. The van der Waals surface area contributed by atoms with E-state index in [1.807, 2.05) is 43.3 Å². The Labute approximate surface area is 215 Å². The molecule has 4 rings (SSSR count). The zero-order chi connectivity index (χ0) is 25.8. The van der Waals surface area contributed by atoms with Crippen LogP contribution < -0.4 is 9.47 Å². The number of para-hydroxylation sites is 1. The van der Waals surface area contributed by atoms with Gasteiger partial charge in [-0.25, -0.2) is 9.18 Å². The Hall–Kier alpha value is -3.35. The molecule has 1 N–H and O–H groups in total. The highest BCUT2D eigenvalue weighted by Crippen LogP contribution is 2.54. The van der Waals surface area contributed by atoms with Gasteiger partial charge in [0.1, 0.15) is 5.82 Å². The van der Waals surface area contributed by atoms with Crippen molar-refractivity contribution in [3.63, 3.8) is 0 Å². The molecule has 188 valence electrons. The van der Waals surface area contributed by atoms with Crippen molar-refractivity contribution in [3.05, 3.63) is 106 Å². The number of carboxylic acid groups (broad SMARTS) is 1. The first kappa shape index (κ1) is 25.7. The SMILES string of the molecule is C=C(C)[C@H]1C[C@H](c2ccccc2Cl)[C@H](c2ccc(F)cc2)O[C@@H]1c1cccc(OC)c1OCC(=O)O. The highest BCUT2D eigenvalue weighted by molar-refractivity contribution is 6.31. The number of hydrogen-bond donors (Lipinski definition) is 1. The Kier molecular flexibility index (Phi) is 7.97. The molecule has 1 aliphatic rings. The van der Waals surface area contributed by atoms with Gasteiger partial charge in [0.2, 0.25) is 0 Å². The molecule has 0 radical (unpaired) electrons. The third-order valence-corrected chi connectivity index (χ3v) is 6.89. The Morgan fingerprint density at radius 2 is 1.78 bits per heavy atom. The van der Waals surface area contributed by atoms with Crippen LogP contribution in [0, 0.1) is 11.7 Å². The van der Waals surface area contributed by atoms with E-state index in [-0.39, 0.29) is 17.7 Å². The van der Waals surface area contributed by atoms with Crippen molar-refractivity contribution in [1.29, 1.82) is 0 Å². The number of hydrogen-bond acceptors (Lipinski definition) is 4. The molecule has 3 aromatic carbocycles. The Morgan fingerprint density at radius 3 is 2.42 bits per heavy atom. The lowest BCUT2D eigenvalue weighted by Crippen LogP contribution is -2.32. The number of methoxy groups -OCH3 is 1. The largest absolute Gasteiger partial charge is 0.493 e. The summed E-state index contributed by atoms with van der Waals surface area (Å²) in [6, 6.07) is 19.3. The second-order valence-corrected chi connectivity index (χ2v) is 9.31. The molecule has 3 aromatic rings. The van der Waals surface area contributed by atoms with Crippen molar-refractivity contribution < 1.29 is 28.5 Å². The van der Waals surface area contributed by atoms with Crippen molar-refractivity contribution in [2.45, 2.75) is 31.5 Å². The molecular weight excluding hydrogens is 483 g/mol. The maximum Gasteiger partial charge on any atom is 0.341 e. The number of halogens is 2. The monoisotopic (exact) mass is 510 g/mol. The van der Waals surface area contributed by atoms with Crippen molar-refractivity contribution in [2.24, 2.45) is 5.92 Å². The van der Waals surface area contributed by atoms with Gasteiger partial charge >= 0.3 is 5.97 Å². The Morgan fingerprint density at radius 1 is 1.08 bits per heavy atom. The second-order valence-electron chi connectivity index (χ2n) is 8.91. The van der Waals surface area contributed by atoms with Crippen LogP contribution in [0.25, 0.3) is 0 Å². The van der Waals surface area contributed by atoms with Crippen molar-refractivity contribution in [2.75, 3.05) is 13.7 Å². The van der Waals surface area contributed by atoms with E-state index >= 15 is 0 Å². The van der Waals surface area contributed by atoms with Gasteiger partial charge < -0.3 is 19.3 Å². The average Bonchev–Trinajstić information content (AvgIpc) is 2.87. The van der Waals surface area contributed by atoms with E-state index in [1.165, 1.54) is 19.2 Å². The van der Waals surface area contributed by atoms with Crippen molar-refractivity contribution in [3.8, 4) is 11.5 Å². The van der Waals surface area contributed by atoms with Gasteiger partial charge in [0.15, 0.2) is 18.1 Å². The molecule has 36 heavy (non-hydrogen) atoms. The van der Waals surface area contributed by atoms with Gasteiger partial charge in [-0.15, -0.1) is 0 Å². The maximum atomic E-state index is 13.8. The first-order valence-electron chi connectivity index (χ1n) is 11.6. The molecule has 5 nitrogen and oxygen atoms in total. The van der Waals surface area contributed by atoms with E-state index in [4.69, 9.17) is 25.8 Å². The predicted octanol–water partition coefficient (Wildman–Crippen LogP) is 7.13. The van der Waals surface area contributed by atoms with Crippen LogP contribution in [0.1, 0.15) is 48.2 Å². The van der Waals surface area contributed by atoms with Crippen LogP contribution in [-0.4, -0.2) is 24.8 Å². The molecule has 1 fully saturated rings. The van der Waals surface area contributed by atoms with Gasteiger partial charge in [0.25, 0.3) is 0 Å². The lowest BCUT2D eigenvalue weighted by molar-refractivity contribution is -0.139. The first-order chi connectivity index (χ1) is 17.3. The summed E-state index contributed by atoms with van der Waals surface area (Å²) in [5, 5.41) is 9.85. The van der Waals surface area contributed by atoms with E-state index in [2.05, 4.69) is 6.58 Å². The van der Waals surface area contributed by atoms with E-state index < -0.39 is 24.8 Å². The van der Waals surface area contributed by atoms with Gasteiger partial charge in [-0.05, 0) is 48.7 Å². The molecular formula is C29H28ClFO5. The summed E-state index contributed by atoms with van der Waals surface area (Å²) >= 11 is 6.62. The first-order valence-corrected chi connectivity index (χ1v) is 12.0. The summed E-state index contributed by atoms with van der Waals surface area (Å²) in [5.74, 6) is -0.983. The third kappa shape index (κ3) is 5.40. The summed E-state index contributed by atoms with van der Waals surface area (Å²) < 4.78 is 31.8. The molecule has 0 amide bonds. The fourth-order valence-corrected chi connectivity index (χ4v) is 5.13. The summed E-state index contributed by atoms with van der Waals surface area (Å²) in [7, 11) is 1.50. The topological polar surface area (TPSA) is 65.0 Å². The Balaban J connectivity index is 1.83. The molecule has 4 atom stereocenters. The third-order valence-electron chi connectivity index (χ3n) is 6.54. The van der Waals surface area contributed by atoms with Gasteiger partial charge in [-0.3, -0.25) is 0 Å². The number of carboxylic acids is 1. The van der Waals surface area contributed by atoms with Crippen molar-refractivity contribution >= 4 is 17.6 Å². The predicted molar refractivity (Wildman–Crippen MR) is 136 cm³/mol. The van der Waals surface area contributed by atoms with E-state index in [1.54, 1.807) is 18.2 Å². The maximum absolute atomic E-state index is 13.8. The van der Waals surface area contributed by atoms with E-state index in [9.17, 15) is 14.3 Å². The molecule has 0 unspecified atom stereocenters. The van der Waals surface area contributed by atoms with Crippen LogP contribution in [-0.2, 0) is 9.53 Å². The standard InChI is InChI=1S/C29H28ClFO5/c1-17(2)22-15-23(20-7-4-5-9-24(20)30)27(18-11-13-19(31)14-12-18)36-28(22)21-8-6-10-25(34-3)29(21)35-16-26(32)33/h4-14,22-23,27-28H,1,15-16H2,2-3H3,(H,32,33)/t22-,23-,27+,28-/m1/s1. The minimum atomic E-state index is -1.10. The fraction of sp³-hybridized carbons (Fsp3) is 0.276. The fourth-order valence-electron chi connectivity index (χ4n) is 4.85. The van der Waals surface area contributed by atoms with Crippen LogP contribution in [0.3, 0.4) is 0 Å². The average molecular weight is 511 g/mol. The summed E-state index contributed by atoms with van der Waals surface area (Å²) in [6.45, 7) is 5.65. The van der Waals surface area contributed by atoms with Gasteiger partial charge in [0.05, 0.1) is 19.3 Å². The summed E-state index contributed by atoms with van der Waals surface area (Å²) in [4.78, 5) is 11.3. The van der Waals surface area contributed by atoms with Gasteiger partial charge in [-0.2, -0.15) is 0 Å². The van der Waals surface area contributed by atoms with Crippen LogP contribution in [0.2, 0.25) is 5.02 Å². The van der Waals surface area contributed by atoms with E-state index in [0.717, 1.165) is 16.7 Å². The molecule has 1 saturated heterocycles. The van der Waals surface area contributed by atoms with Crippen LogP contribution >= 0.6 is 11.6 Å². The molecule has 0 spiro atoms. The number of rotatable bonds is 8. The minimum Gasteiger partial charge on any atom is -0.493 e. The molecule has 0 bridgehead atoms. The summed E-state index contributed by atoms with van der Waals surface area (Å²) in [6.07, 6.45) is -0.318. The molecule has 0 aliphatic carbocycles. The van der Waals surface area contributed by atoms with Crippen LogP contribution in [0.4, 0.5) is 4.39 Å². The Bertz CT molecular complexity index is 1240. The lowest BCUT2D eigenvalue weighted by atomic mass is 9.74. The van der Waals surface area contributed by atoms with Crippen LogP contribution in [0.5, 0.6) is 11.5 Å². The quantitative estimate of drug-likeness (QED) is 0.326. The van der Waals surface area contributed by atoms with E-state index in [0.29, 0.717) is 28.5 Å². The molecule has 0 aromatic heterocycles. The number of carbonyl (C=O) groups is 1. The van der Waals surface area contributed by atoms with Gasteiger partial charge in [0, 0.05) is 22.4 Å². The second kappa shape index (κ2) is 11.1. The molecule has 7 heteroatoms. The number of benzene rings is 3.